The van der Waals surface area contributed by atoms with Crippen molar-refractivity contribution >= 4 is 23.0 Å². The molecule has 4 nitrogen and oxygen atoms in total. The van der Waals surface area contributed by atoms with Crippen molar-refractivity contribution in [1.29, 1.82) is 0 Å². The molecule has 1 amide bonds. The molecule has 2 heterocycles. The summed E-state index contributed by atoms with van der Waals surface area (Å²) < 4.78 is 28.9. The first kappa shape index (κ1) is 16.0. The van der Waals surface area contributed by atoms with Gasteiger partial charge < -0.3 is 5.32 Å². The number of pyridine rings is 1. The number of rotatable bonds is 4. The molecule has 128 valence electrons. The van der Waals surface area contributed by atoms with Gasteiger partial charge in [-0.15, -0.1) is 0 Å². The van der Waals surface area contributed by atoms with E-state index in [9.17, 15) is 13.6 Å². The van der Waals surface area contributed by atoms with Gasteiger partial charge >= 0.3 is 0 Å². The number of nitrogens with one attached hydrogen (secondary N) is 1. The number of carbonyl (C=O) groups is 1. The fraction of sp³-hybridized carbons (Fsp3) is 0.222. The number of amides is 1. The highest BCUT2D eigenvalue weighted by Gasteiger charge is 2.35. The van der Waals surface area contributed by atoms with E-state index in [0.717, 1.165) is 18.9 Å². The van der Waals surface area contributed by atoms with Gasteiger partial charge in [-0.1, -0.05) is 17.7 Å². The zero-order valence-corrected chi connectivity index (χ0v) is 13.8. The molecule has 2 aromatic heterocycles. The maximum Gasteiger partial charge on any atom is 0.255 e. The Labute approximate surface area is 147 Å². The van der Waals surface area contributed by atoms with Gasteiger partial charge in [-0.05, 0) is 37.0 Å². The Morgan fingerprint density at radius 3 is 2.84 bits per heavy atom. The molecule has 1 atom stereocenters. The molecule has 1 fully saturated rings. The molecule has 1 N–H and O–H groups in total. The van der Waals surface area contributed by atoms with Crippen LogP contribution in [0.4, 0.5) is 8.78 Å². The maximum absolute atomic E-state index is 14.2. The summed E-state index contributed by atoms with van der Waals surface area (Å²) in [5, 5.41) is 7.39. The molecular weight excluding hydrogens is 348 g/mol. The third kappa shape index (κ3) is 2.98. The first-order valence-corrected chi connectivity index (χ1v) is 8.30. The van der Waals surface area contributed by atoms with Crippen LogP contribution in [0.25, 0.3) is 5.52 Å². The van der Waals surface area contributed by atoms with Crippen LogP contribution in [0.2, 0.25) is 5.02 Å². The first-order valence-electron chi connectivity index (χ1n) is 7.92. The minimum absolute atomic E-state index is 0.140. The molecule has 1 aliphatic carbocycles. The lowest BCUT2D eigenvalue weighted by atomic mass is 10.0. The summed E-state index contributed by atoms with van der Waals surface area (Å²) in [6.07, 6.45) is 4.89. The second kappa shape index (κ2) is 6.11. The SMILES string of the molecule is O=C(NC(c1ccc(F)cc1F)C1CC1)c1cnn2cccc(Cl)c12. The second-order valence-corrected chi connectivity index (χ2v) is 6.57. The summed E-state index contributed by atoms with van der Waals surface area (Å²) in [6, 6.07) is 6.32. The zero-order chi connectivity index (χ0) is 17.6. The Balaban J connectivity index is 1.67. The summed E-state index contributed by atoms with van der Waals surface area (Å²) in [6.45, 7) is 0. The first-order chi connectivity index (χ1) is 12.0. The van der Waals surface area contributed by atoms with Crippen LogP contribution < -0.4 is 5.32 Å². The summed E-state index contributed by atoms with van der Waals surface area (Å²) in [7, 11) is 0. The standard InChI is InChI=1S/C18H14ClF2N3O/c19-14-2-1-7-24-17(14)13(9-22-24)18(25)23-16(10-3-4-10)12-6-5-11(20)8-15(12)21/h1-2,5-10,16H,3-4H2,(H,23,25). The van der Waals surface area contributed by atoms with Gasteiger partial charge in [0.15, 0.2) is 0 Å². The molecule has 0 radical (unpaired) electrons. The van der Waals surface area contributed by atoms with Crippen LogP contribution in [0.1, 0.15) is 34.8 Å². The van der Waals surface area contributed by atoms with Gasteiger partial charge in [0.2, 0.25) is 0 Å². The summed E-state index contributed by atoms with van der Waals surface area (Å²) >= 11 is 6.18. The minimum Gasteiger partial charge on any atom is -0.345 e. The van der Waals surface area contributed by atoms with Gasteiger partial charge in [0, 0.05) is 17.8 Å². The van der Waals surface area contributed by atoms with Crippen molar-refractivity contribution in [3.63, 3.8) is 0 Å². The third-order valence-corrected chi connectivity index (χ3v) is 4.72. The van der Waals surface area contributed by atoms with E-state index in [1.165, 1.54) is 22.8 Å². The molecule has 1 unspecified atom stereocenters. The van der Waals surface area contributed by atoms with Gasteiger partial charge in [-0.2, -0.15) is 5.10 Å². The molecule has 0 bridgehead atoms. The normalized spacial score (nSPS) is 15.3. The van der Waals surface area contributed by atoms with Gasteiger partial charge in [0.1, 0.15) is 11.6 Å². The molecule has 1 aromatic carbocycles. The van der Waals surface area contributed by atoms with Crippen LogP contribution in [0, 0.1) is 17.6 Å². The number of nitrogens with zero attached hydrogens (tertiary/aromatic N) is 2. The van der Waals surface area contributed by atoms with Crippen molar-refractivity contribution in [3.8, 4) is 0 Å². The molecule has 0 spiro atoms. The van der Waals surface area contributed by atoms with E-state index in [0.29, 0.717) is 21.7 Å². The fourth-order valence-electron chi connectivity index (χ4n) is 3.02. The number of aromatic nitrogens is 2. The smallest absolute Gasteiger partial charge is 0.255 e. The average Bonchev–Trinajstić information content (AvgIpc) is 3.32. The van der Waals surface area contributed by atoms with Crippen molar-refractivity contribution in [2.75, 3.05) is 0 Å². The van der Waals surface area contributed by atoms with Crippen molar-refractivity contribution in [3.05, 3.63) is 70.5 Å². The van der Waals surface area contributed by atoms with E-state index in [1.54, 1.807) is 18.3 Å². The second-order valence-electron chi connectivity index (χ2n) is 6.16. The van der Waals surface area contributed by atoms with Gasteiger partial charge in [0.05, 0.1) is 28.3 Å². The Bertz CT molecular complexity index is 968. The Morgan fingerprint density at radius 2 is 2.12 bits per heavy atom. The van der Waals surface area contributed by atoms with Crippen molar-refractivity contribution in [2.45, 2.75) is 18.9 Å². The van der Waals surface area contributed by atoms with E-state index >= 15 is 0 Å². The number of hydrogen-bond acceptors (Lipinski definition) is 2. The predicted octanol–water partition coefficient (Wildman–Crippen LogP) is 4.15. The van der Waals surface area contributed by atoms with E-state index < -0.39 is 17.7 Å². The number of carbonyl (C=O) groups excluding carboxylic acids is 1. The van der Waals surface area contributed by atoms with E-state index in [4.69, 9.17) is 11.6 Å². The average molecular weight is 362 g/mol. The van der Waals surface area contributed by atoms with Gasteiger partial charge in [-0.25, -0.2) is 13.3 Å². The van der Waals surface area contributed by atoms with Crippen LogP contribution in [0.3, 0.4) is 0 Å². The zero-order valence-electron chi connectivity index (χ0n) is 13.0. The van der Waals surface area contributed by atoms with E-state index in [1.807, 2.05) is 0 Å². The minimum atomic E-state index is -0.657. The summed E-state index contributed by atoms with van der Waals surface area (Å²) in [4.78, 5) is 12.7. The largest absolute Gasteiger partial charge is 0.345 e. The number of fused-ring (bicyclic) bond motifs is 1. The lowest BCUT2D eigenvalue weighted by Crippen LogP contribution is -2.30. The molecular formula is C18H14ClF2N3O. The molecule has 0 saturated heterocycles. The molecule has 0 aliphatic heterocycles. The highest BCUT2D eigenvalue weighted by atomic mass is 35.5. The molecule has 1 saturated carbocycles. The van der Waals surface area contributed by atoms with Crippen molar-refractivity contribution in [2.24, 2.45) is 5.92 Å². The van der Waals surface area contributed by atoms with E-state index in [2.05, 4.69) is 10.4 Å². The van der Waals surface area contributed by atoms with Crippen LogP contribution >= 0.6 is 11.6 Å². The lowest BCUT2D eigenvalue weighted by Gasteiger charge is -2.19. The summed E-state index contributed by atoms with van der Waals surface area (Å²) in [5.41, 5.74) is 1.11. The van der Waals surface area contributed by atoms with Crippen LogP contribution in [0.5, 0.6) is 0 Å². The molecule has 7 heteroatoms. The third-order valence-electron chi connectivity index (χ3n) is 4.41. The summed E-state index contributed by atoms with van der Waals surface area (Å²) in [5.74, 6) is -1.54. The highest BCUT2D eigenvalue weighted by molar-refractivity contribution is 6.34. The number of hydrogen-bond donors (Lipinski definition) is 1. The monoisotopic (exact) mass is 361 g/mol. The van der Waals surface area contributed by atoms with Crippen LogP contribution in [0.15, 0.2) is 42.7 Å². The molecule has 3 aromatic rings. The van der Waals surface area contributed by atoms with E-state index in [-0.39, 0.29) is 11.8 Å². The Kier molecular flexibility index (Phi) is 3.92. The molecule has 1 aliphatic rings. The van der Waals surface area contributed by atoms with Crippen molar-refractivity contribution < 1.29 is 13.6 Å². The topological polar surface area (TPSA) is 46.4 Å². The fourth-order valence-corrected chi connectivity index (χ4v) is 3.28. The van der Waals surface area contributed by atoms with Crippen LogP contribution in [-0.4, -0.2) is 15.5 Å². The predicted molar refractivity (Wildman–Crippen MR) is 89.5 cm³/mol. The number of halogens is 3. The van der Waals surface area contributed by atoms with Crippen molar-refractivity contribution in [1.82, 2.24) is 14.9 Å². The van der Waals surface area contributed by atoms with Gasteiger partial charge in [0.25, 0.3) is 5.91 Å². The number of benzene rings is 1. The van der Waals surface area contributed by atoms with Crippen LogP contribution in [-0.2, 0) is 0 Å². The Morgan fingerprint density at radius 1 is 1.32 bits per heavy atom. The maximum atomic E-state index is 14.2. The van der Waals surface area contributed by atoms with Gasteiger partial charge in [-0.3, -0.25) is 4.79 Å². The lowest BCUT2D eigenvalue weighted by molar-refractivity contribution is 0.0932. The highest BCUT2D eigenvalue weighted by Crippen LogP contribution is 2.42. The molecule has 4 rings (SSSR count). The quantitative estimate of drug-likeness (QED) is 0.759. The molecule has 25 heavy (non-hydrogen) atoms. The Hall–Kier alpha value is -2.47.